The predicted molar refractivity (Wildman–Crippen MR) is 92.8 cm³/mol. The van der Waals surface area contributed by atoms with E-state index < -0.39 is 0 Å². The molecule has 0 saturated carbocycles. The summed E-state index contributed by atoms with van der Waals surface area (Å²) >= 11 is 0. The summed E-state index contributed by atoms with van der Waals surface area (Å²) in [5, 5.41) is 4.33. The number of hydrogen-bond donors (Lipinski definition) is 0. The number of ether oxygens (including phenoxy) is 2. The van der Waals surface area contributed by atoms with Gasteiger partial charge in [-0.2, -0.15) is 5.10 Å². The Hall–Kier alpha value is -2.50. The minimum atomic E-state index is -0.114. The lowest BCUT2D eigenvalue weighted by atomic mass is 9.94. The van der Waals surface area contributed by atoms with Crippen molar-refractivity contribution in [3.63, 3.8) is 0 Å². The van der Waals surface area contributed by atoms with Gasteiger partial charge in [0.05, 0.1) is 19.1 Å². The van der Waals surface area contributed by atoms with Crippen molar-refractivity contribution in [1.82, 2.24) is 14.7 Å². The maximum absolute atomic E-state index is 13.0. The van der Waals surface area contributed by atoms with Crippen LogP contribution >= 0.6 is 0 Å². The van der Waals surface area contributed by atoms with Crippen molar-refractivity contribution < 1.29 is 14.3 Å². The van der Waals surface area contributed by atoms with Crippen molar-refractivity contribution >= 4 is 5.91 Å². The van der Waals surface area contributed by atoms with Crippen molar-refractivity contribution in [1.29, 1.82) is 0 Å². The average molecular weight is 341 g/mol. The first kappa shape index (κ1) is 16.0. The third-order valence-electron chi connectivity index (χ3n) is 5.14. The lowest BCUT2D eigenvalue weighted by Crippen LogP contribution is -2.46. The first-order valence-corrected chi connectivity index (χ1v) is 8.82. The van der Waals surface area contributed by atoms with Crippen LogP contribution < -0.4 is 9.47 Å². The third kappa shape index (κ3) is 3.21. The molecule has 2 aliphatic heterocycles. The molecule has 0 bridgehead atoms. The number of hydrogen-bond acceptors (Lipinski definition) is 4. The Balaban J connectivity index is 1.44. The molecule has 1 fully saturated rings. The highest BCUT2D eigenvalue weighted by Crippen LogP contribution is 2.32. The van der Waals surface area contributed by atoms with Gasteiger partial charge in [0.15, 0.2) is 0 Å². The van der Waals surface area contributed by atoms with E-state index in [1.165, 1.54) is 0 Å². The van der Waals surface area contributed by atoms with E-state index in [1.54, 1.807) is 13.3 Å². The number of fused-ring (bicyclic) bond motifs is 1. The summed E-state index contributed by atoms with van der Waals surface area (Å²) in [6.07, 6.45) is 6.57. The molecule has 2 aromatic rings. The lowest BCUT2D eigenvalue weighted by molar-refractivity contribution is -0.138. The highest BCUT2D eigenvalue weighted by molar-refractivity contribution is 5.80. The highest BCUT2D eigenvalue weighted by Gasteiger charge is 2.32. The molecule has 1 saturated heterocycles. The van der Waals surface area contributed by atoms with Gasteiger partial charge in [-0.05, 0) is 37.0 Å². The van der Waals surface area contributed by atoms with Crippen LogP contribution in [0.3, 0.4) is 0 Å². The van der Waals surface area contributed by atoms with Crippen LogP contribution in [0.4, 0.5) is 0 Å². The molecular weight excluding hydrogens is 318 g/mol. The summed E-state index contributed by atoms with van der Waals surface area (Å²) in [5.74, 6) is 1.69. The second-order valence-electron chi connectivity index (χ2n) is 6.75. The number of benzene rings is 1. The Morgan fingerprint density at radius 2 is 2.32 bits per heavy atom. The molecule has 2 aliphatic rings. The number of piperidine rings is 1. The van der Waals surface area contributed by atoms with Crippen LogP contribution in [0.2, 0.25) is 0 Å². The van der Waals surface area contributed by atoms with E-state index in [1.807, 2.05) is 40.0 Å². The van der Waals surface area contributed by atoms with Crippen molar-refractivity contribution in [3.05, 3.63) is 42.2 Å². The average Bonchev–Trinajstić information content (AvgIpc) is 3.21. The van der Waals surface area contributed by atoms with Gasteiger partial charge in [-0.25, -0.2) is 0 Å². The molecule has 4 rings (SSSR count). The van der Waals surface area contributed by atoms with Gasteiger partial charge >= 0.3 is 0 Å². The van der Waals surface area contributed by atoms with E-state index in [0.29, 0.717) is 6.61 Å². The van der Waals surface area contributed by atoms with Gasteiger partial charge in [0.25, 0.3) is 0 Å². The maximum Gasteiger partial charge on any atom is 0.229 e. The summed E-state index contributed by atoms with van der Waals surface area (Å²) in [6.45, 7) is 1.98. The van der Waals surface area contributed by atoms with Crippen LogP contribution in [0.25, 0.3) is 0 Å². The Bertz CT molecular complexity index is 744. The molecule has 0 spiro atoms. The minimum absolute atomic E-state index is 0.114. The van der Waals surface area contributed by atoms with Crippen molar-refractivity contribution in [3.8, 4) is 11.5 Å². The number of likely N-dealkylation sites (tertiary alicyclic amines) is 1. The first-order chi connectivity index (χ1) is 12.2. The van der Waals surface area contributed by atoms with Gasteiger partial charge in [-0.1, -0.05) is 6.07 Å². The maximum atomic E-state index is 13.0. The molecule has 0 radical (unpaired) electrons. The number of carbonyl (C=O) groups is 1. The number of methoxy groups -OCH3 is 1. The van der Waals surface area contributed by atoms with Crippen LogP contribution in [-0.2, 0) is 11.2 Å². The van der Waals surface area contributed by atoms with Crippen molar-refractivity contribution in [2.24, 2.45) is 5.92 Å². The summed E-state index contributed by atoms with van der Waals surface area (Å²) < 4.78 is 13.0. The summed E-state index contributed by atoms with van der Waals surface area (Å²) in [4.78, 5) is 15.0. The summed E-state index contributed by atoms with van der Waals surface area (Å²) in [5.41, 5.74) is 1.08. The lowest BCUT2D eigenvalue weighted by Gasteiger charge is -2.36. The Kier molecular flexibility index (Phi) is 4.34. The van der Waals surface area contributed by atoms with Crippen LogP contribution in [0, 0.1) is 5.92 Å². The molecule has 6 nitrogen and oxygen atoms in total. The zero-order valence-electron chi connectivity index (χ0n) is 14.4. The van der Waals surface area contributed by atoms with Gasteiger partial charge in [-0.3, -0.25) is 9.48 Å². The number of carbonyl (C=O) groups excluding carboxylic acids is 1. The smallest absolute Gasteiger partial charge is 0.229 e. The monoisotopic (exact) mass is 341 g/mol. The fourth-order valence-corrected chi connectivity index (χ4v) is 3.76. The second kappa shape index (κ2) is 6.78. The van der Waals surface area contributed by atoms with Gasteiger partial charge in [-0.15, -0.1) is 0 Å². The zero-order chi connectivity index (χ0) is 17.2. The molecule has 1 aromatic heterocycles. The Morgan fingerprint density at radius 1 is 1.40 bits per heavy atom. The predicted octanol–water partition coefficient (Wildman–Crippen LogP) is 2.31. The molecule has 1 aromatic carbocycles. The summed E-state index contributed by atoms with van der Waals surface area (Å²) in [7, 11) is 1.64. The zero-order valence-corrected chi connectivity index (χ0v) is 14.4. The molecule has 2 atom stereocenters. The van der Waals surface area contributed by atoms with Crippen molar-refractivity contribution in [2.75, 3.05) is 26.8 Å². The first-order valence-electron chi connectivity index (χ1n) is 8.82. The van der Waals surface area contributed by atoms with Gasteiger partial charge in [0.1, 0.15) is 18.1 Å². The van der Waals surface area contributed by atoms with Crippen molar-refractivity contribution in [2.45, 2.75) is 25.3 Å². The van der Waals surface area contributed by atoms with Crippen LogP contribution in [0.5, 0.6) is 11.5 Å². The van der Waals surface area contributed by atoms with Crippen LogP contribution in [0.15, 0.2) is 36.7 Å². The summed E-state index contributed by atoms with van der Waals surface area (Å²) in [6, 6.07) is 8.01. The quantitative estimate of drug-likeness (QED) is 0.860. The Morgan fingerprint density at radius 3 is 3.12 bits per heavy atom. The number of rotatable bonds is 3. The molecule has 3 heterocycles. The number of aromatic nitrogens is 2. The molecule has 0 unspecified atom stereocenters. The van der Waals surface area contributed by atoms with E-state index in [0.717, 1.165) is 49.4 Å². The van der Waals surface area contributed by atoms with Gasteiger partial charge in [0.2, 0.25) is 5.91 Å². The third-order valence-corrected chi connectivity index (χ3v) is 5.14. The molecule has 25 heavy (non-hydrogen) atoms. The van der Waals surface area contributed by atoms with E-state index >= 15 is 0 Å². The van der Waals surface area contributed by atoms with Crippen LogP contribution in [0.1, 0.15) is 24.4 Å². The SMILES string of the molecule is COc1ccc2c(c1)OC[C@@H](C(=O)N1CCC[C@H](n3cccn3)C1)C2. The van der Waals surface area contributed by atoms with Gasteiger partial charge < -0.3 is 14.4 Å². The standard InChI is InChI=1S/C19H23N3O3/c1-24-17-6-5-14-10-15(13-25-18(14)11-17)19(23)21-8-2-4-16(12-21)22-9-3-7-20-22/h3,5-7,9,11,15-16H,2,4,8,10,12-13H2,1H3/t15-,16-/m0/s1. The minimum Gasteiger partial charge on any atom is -0.497 e. The van der Waals surface area contributed by atoms with E-state index in [4.69, 9.17) is 9.47 Å². The fraction of sp³-hybridized carbons (Fsp3) is 0.474. The van der Waals surface area contributed by atoms with E-state index in [2.05, 4.69) is 5.10 Å². The van der Waals surface area contributed by atoms with E-state index in [9.17, 15) is 4.79 Å². The van der Waals surface area contributed by atoms with Gasteiger partial charge in [0, 0.05) is 31.5 Å². The molecule has 0 N–H and O–H groups in total. The molecular formula is C19H23N3O3. The molecule has 6 heteroatoms. The molecule has 0 aliphatic carbocycles. The number of amides is 1. The topological polar surface area (TPSA) is 56.6 Å². The number of nitrogens with zero attached hydrogens (tertiary/aromatic N) is 3. The Labute approximate surface area is 147 Å². The molecule has 132 valence electrons. The molecule has 1 amide bonds. The highest BCUT2D eigenvalue weighted by atomic mass is 16.5. The second-order valence-corrected chi connectivity index (χ2v) is 6.75. The largest absolute Gasteiger partial charge is 0.497 e. The van der Waals surface area contributed by atoms with Crippen LogP contribution in [-0.4, -0.2) is 47.4 Å². The van der Waals surface area contributed by atoms with E-state index in [-0.39, 0.29) is 17.9 Å². The normalized spacial score (nSPS) is 22.8. The fourth-order valence-electron chi connectivity index (χ4n) is 3.76.